The summed E-state index contributed by atoms with van der Waals surface area (Å²) in [6.07, 6.45) is 1.31. The lowest BCUT2D eigenvalue weighted by molar-refractivity contribution is 0.0636. The molecule has 0 radical (unpaired) electrons. The van der Waals surface area contributed by atoms with Gasteiger partial charge in [0, 0.05) is 17.1 Å². The smallest absolute Gasteiger partial charge is 0.412 e. The number of rotatable bonds is 5. The maximum Gasteiger partial charge on any atom is 0.412 e. The molecule has 1 aromatic carbocycles. The van der Waals surface area contributed by atoms with Crippen molar-refractivity contribution in [2.45, 2.75) is 32.9 Å². The second kappa shape index (κ2) is 7.32. The van der Waals surface area contributed by atoms with Gasteiger partial charge in [-0.1, -0.05) is 0 Å². The first kappa shape index (κ1) is 17.1. The third-order valence-corrected chi connectivity index (χ3v) is 3.58. The number of anilines is 2. The maximum absolute atomic E-state index is 12.0. The van der Waals surface area contributed by atoms with Crippen LogP contribution in [0.15, 0.2) is 29.9 Å². The van der Waals surface area contributed by atoms with Crippen molar-refractivity contribution in [3.8, 4) is 5.75 Å². The van der Waals surface area contributed by atoms with Gasteiger partial charge in [-0.3, -0.25) is 10.3 Å². The summed E-state index contributed by atoms with van der Waals surface area (Å²) in [6, 6.07) is 5.38. The number of aromatic nitrogens is 1. The molecule has 0 saturated heterocycles. The number of amides is 1. The molecule has 0 fully saturated rings. The normalized spacial score (nSPS) is 11.0. The van der Waals surface area contributed by atoms with Gasteiger partial charge in [-0.25, -0.2) is 4.79 Å². The molecule has 1 heterocycles. The van der Waals surface area contributed by atoms with E-state index >= 15 is 0 Å². The molecule has 0 unspecified atom stereocenters. The van der Waals surface area contributed by atoms with Crippen LogP contribution in [0, 0.1) is 0 Å². The molecule has 0 aliphatic carbocycles. The van der Waals surface area contributed by atoms with Crippen molar-refractivity contribution in [2.75, 3.05) is 17.7 Å². The first-order valence-corrected chi connectivity index (χ1v) is 8.04. The van der Waals surface area contributed by atoms with Crippen molar-refractivity contribution in [3.63, 3.8) is 0 Å². The van der Waals surface area contributed by atoms with Gasteiger partial charge in [0.1, 0.15) is 11.4 Å². The second-order valence-electron chi connectivity index (χ2n) is 5.86. The summed E-state index contributed by atoms with van der Waals surface area (Å²) in [5.74, 6) is 0.701. The van der Waals surface area contributed by atoms with Crippen molar-refractivity contribution in [1.82, 2.24) is 4.98 Å². The summed E-state index contributed by atoms with van der Waals surface area (Å²) < 4.78 is 10.5. The van der Waals surface area contributed by atoms with Crippen LogP contribution in [0.25, 0.3) is 0 Å². The molecule has 0 bridgehead atoms. The first-order valence-electron chi connectivity index (χ1n) is 7.16. The topological polar surface area (TPSA) is 72.5 Å². The molecule has 2 rings (SSSR count). The van der Waals surface area contributed by atoms with E-state index in [0.717, 1.165) is 10.6 Å². The van der Waals surface area contributed by atoms with Crippen molar-refractivity contribution >= 4 is 28.8 Å². The fraction of sp³-hybridized carbons (Fsp3) is 0.375. The van der Waals surface area contributed by atoms with Crippen LogP contribution >= 0.6 is 11.3 Å². The van der Waals surface area contributed by atoms with Gasteiger partial charge < -0.3 is 14.8 Å². The number of nitrogens with zero attached hydrogens (tertiary/aromatic N) is 1. The van der Waals surface area contributed by atoms with E-state index < -0.39 is 11.7 Å². The van der Waals surface area contributed by atoms with Gasteiger partial charge in [0.05, 0.1) is 30.5 Å². The zero-order valence-corrected chi connectivity index (χ0v) is 14.5. The van der Waals surface area contributed by atoms with Crippen LogP contribution in [0.1, 0.15) is 25.6 Å². The van der Waals surface area contributed by atoms with Gasteiger partial charge in [-0.2, -0.15) is 0 Å². The van der Waals surface area contributed by atoms with E-state index in [1.165, 1.54) is 0 Å². The van der Waals surface area contributed by atoms with Crippen molar-refractivity contribution < 1.29 is 14.3 Å². The minimum atomic E-state index is -0.549. The number of nitrogens with one attached hydrogen (secondary N) is 2. The van der Waals surface area contributed by atoms with Crippen molar-refractivity contribution in [1.29, 1.82) is 0 Å². The molecular weight excluding hydrogens is 314 g/mol. The van der Waals surface area contributed by atoms with Gasteiger partial charge >= 0.3 is 6.09 Å². The van der Waals surface area contributed by atoms with Crippen LogP contribution in [0.5, 0.6) is 5.75 Å². The summed E-state index contributed by atoms with van der Waals surface area (Å²) in [7, 11) is 1.60. The van der Waals surface area contributed by atoms with E-state index in [2.05, 4.69) is 15.6 Å². The number of methoxy groups -OCH3 is 1. The van der Waals surface area contributed by atoms with Crippen LogP contribution in [-0.4, -0.2) is 23.8 Å². The Bertz CT molecular complexity index is 651. The van der Waals surface area contributed by atoms with Gasteiger partial charge in [0.25, 0.3) is 0 Å². The molecule has 0 spiro atoms. The Labute approximate surface area is 139 Å². The Morgan fingerprint density at radius 1 is 1.30 bits per heavy atom. The lowest BCUT2D eigenvalue weighted by Gasteiger charge is -2.21. The van der Waals surface area contributed by atoms with E-state index in [-0.39, 0.29) is 0 Å². The van der Waals surface area contributed by atoms with E-state index in [4.69, 9.17) is 9.47 Å². The fourth-order valence-corrected chi connectivity index (χ4v) is 2.37. The number of thiazole rings is 1. The van der Waals surface area contributed by atoms with E-state index in [9.17, 15) is 4.79 Å². The second-order valence-corrected chi connectivity index (χ2v) is 6.83. The lowest BCUT2D eigenvalue weighted by atomic mass is 10.2. The zero-order valence-electron chi connectivity index (χ0n) is 13.7. The average Bonchev–Trinajstić information content (AvgIpc) is 2.97. The molecule has 6 nitrogen and oxygen atoms in total. The summed E-state index contributed by atoms with van der Waals surface area (Å²) in [6.45, 7) is 6.08. The van der Waals surface area contributed by atoms with E-state index in [1.807, 2.05) is 26.8 Å². The fourth-order valence-electron chi connectivity index (χ4n) is 1.83. The number of hydrogen-bond acceptors (Lipinski definition) is 6. The average molecular weight is 335 g/mol. The Morgan fingerprint density at radius 3 is 2.70 bits per heavy atom. The Hall–Kier alpha value is -2.28. The van der Waals surface area contributed by atoms with Crippen LogP contribution < -0.4 is 15.4 Å². The molecule has 2 N–H and O–H groups in total. The minimum Gasteiger partial charge on any atom is -0.497 e. The number of carbonyl (C=O) groups is 1. The number of ether oxygens (including phenoxy) is 2. The van der Waals surface area contributed by atoms with Gasteiger partial charge in [0.15, 0.2) is 0 Å². The van der Waals surface area contributed by atoms with Crippen LogP contribution in [0.2, 0.25) is 0 Å². The van der Waals surface area contributed by atoms with Gasteiger partial charge in [0.2, 0.25) is 0 Å². The highest BCUT2D eigenvalue weighted by molar-refractivity contribution is 7.09. The van der Waals surface area contributed by atoms with Crippen LogP contribution in [0.3, 0.4) is 0 Å². The summed E-state index contributed by atoms with van der Waals surface area (Å²) >= 11 is 1.56. The zero-order chi connectivity index (χ0) is 16.9. The largest absolute Gasteiger partial charge is 0.497 e. The van der Waals surface area contributed by atoms with Crippen molar-refractivity contribution in [3.05, 3.63) is 34.8 Å². The number of hydrogen-bond donors (Lipinski definition) is 2. The first-order chi connectivity index (χ1) is 10.9. The van der Waals surface area contributed by atoms with Crippen molar-refractivity contribution in [2.24, 2.45) is 0 Å². The number of benzene rings is 1. The standard InChI is InChI=1S/C16H21N3O3S/c1-16(2,3)22-15(20)19-13-6-5-11(21-4)7-14(13)18-9-12-8-17-10-23-12/h5-8,10,18H,9H2,1-4H3,(H,19,20). The predicted molar refractivity (Wildman–Crippen MR) is 92.3 cm³/mol. The lowest BCUT2D eigenvalue weighted by Crippen LogP contribution is -2.27. The highest BCUT2D eigenvalue weighted by Gasteiger charge is 2.17. The Balaban J connectivity index is 2.12. The summed E-state index contributed by atoms with van der Waals surface area (Å²) in [4.78, 5) is 17.1. The minimum absolute atomic E-state index is 0.497. The molecule has 124 valence electrons. The van der Waals surface area contributed by atoms with Gasteiger partial charge in [-0.05, 0) is 32.9 Å². The number of carbonyl (C=O) groups excluding carboxylic acids is 1. The summed E-state index contributed by atoms with van der Waals surface area (Å²) in [5, 5.41) is 6.04. The van der Waals surface area contributed by atoms with Crippen LogP contribution in [-0.2, 0) is 11.3 Å². The predicted octanol–water partition coefficient (Wildman–Crippen LogP) is 4.11. The van der Waals surface area contributed by atoms with E-state index in [0.29, 0.717) is 18.0 Å². The third kappa shape index (κ3) is 5.45. The SMILES string of the molecule is COc1ccc(NC(=O)OC(C)(C)C)c(NCc2cncs2)c1. The quantitative estimate of drug-likeness (QED) is 0.860. The molecule has 2 aromatic rings. The highest BCUT2D eigenvalue weighted by Crippen LogP contribution is 2.28. The van der Waals surface area contributed by atoms with Crippen LogP contribution in [0.4, 0.5) is 16.2 Å². The highest BCUT2D eigenvalue weighted by atomic mass is 32.1. The van der Waals surface area contributed by atoms with Gasteiger partial charge in [-0.15, -0.1) is 11.3 Å². The maximum atomic E-state index is 12.0. The third-order valence-electron chi connectivity index (χ3n) is 2.80. The monoisotopic (exact) mass is 335 g/mol. The molecule has 0 saturated carbocycles. The summed E-state index contributed by atoms with van der Waals surface area (Å²) in [5.41, 5.74) is 2.61. The molecule has 0 aliphatic heterocycles. The molecule has 23 heavy (non-hydrogen) atoms. The molecule has 1 aromatic heterocycles. The Morgan fingerprint density at radius 2 is 2.09 bits per heavy atom. The molecular formula is C16H21N3O3S. The molecule has 1 amide bonds. The molecule has 7 heteroatoms. The van der Waals surface area contributed by atoms with E-state index in [1.54, 1.807) is 42.3 Å². The molecule has 0 atom stereocenters. The molecule has 0 aliphatic rings. The Kier molecular flexibility index (Phi) is 5.44.